The first-order valence-corrected chi connectivity index (χ1v) is 4.59. The van der Waals surface area contributed by atoms with E-state index in [1.807, 2.05) is 19.1 Å². The van der Waals surface area contributed by atoms with E-state index in [9.17, 15) is 0 Å². The first kappa shape index (κ1) is 8.44. The average molecular weight is 239 g/mol. The number of hydrogen-bond donors (Lipinski definition) is 0. The van der Waals surface area contributed by atoms with E-state index < -0.39 is 0 Å². The van der Waals surface area contributed by atoms with Crippen LogP contribution < -0.4 is 0 Å². The molecule has 4 heteroatoms. The molecule has 0 amide bonds. The first-order valence-electron chi connectivity index (χ1n) is 3.80. The van der Waals surface area contributed by atoms with Crippen LogP contribution >= 0.6 is 15.9 Å². The fourth-order valence-electron chi connectivity index (χ4n) is 0.995. The topological polar surface area (TPSA) is 38.9 Å². The Hall–Kier alpha value is -1.16. The molecule has 0 aliphatic heterocycles. The van der Waals surface area contributed by atoms with E-state index in [0.29, 0.717) is 5.89 Å². The van der Waals surface area contributed by atoms with Gasteiger partial charge < -0.3 is 4.42 Å². The number of hydrogen-bond acceptors (Lipinski definition) is 3. The van der Waals surface area contributed by atoms with Crippen molar-refractivity contribution in [2.24, 2.45) is 0 Å². The second-order valence-corrected chi connectivity index (χ2v) is 3.55. The van der Waals surface area contributed by atoms with Crippen molar-refractivity contribution in [3.05, 3.63) is 34.8 Å². The molecule has 0 atom stereocenters. The second kappa shape index (κ2) is 3.30. The Kier molecular flexibility index (Phi) is 2.14. The minimum absolute atomic E-state index is 0.554. The molecular weight excluding hydrogens is 232 g/mol. The summed E-state index contributed by atoms with van der Waals surface area (Å²) in [6.45, 7) is 1.86. The van der Waals surface area contributed by atoms with Crippen LogP contribution in [0.4, 0.5) is 0 Å². The van der Waals surface area contributed by atoms with Crippen LogP contribution in [0.25, 0.3) is 11.6 Å². The van der Waals surface area contributed by atoms with Gasteiger partial charge in [0.2, 0.25) is 5.89 Å². The monoisotopic (exact) mass is 238 g/mol. The van der Waals surface area contributed by atoms with Crippen molar-refractivity contribution in [2.45, 2.75) is 6.92 Å². The Balaban J connectivity index is 2.46. The van der Waals surface area contributed by atoms with E-state index in [4.69, 9.17) is 4.42 Å². The Labute approximate surface area is 84.0 Å². The number of aromatic nitrogens is 2. The van der Waals surface area contributed by atoms with Crippen LogP contribution in [0.3, 0.4) is 0 Å². The second-order valence-electron chi connectivity index (χ2n) is 2.64. The van der Waals surface area contributed by atoms with Gasteiger partial charge in [0.15, 0.2) is 0 Å². The molecule has 0 aliphatic rings. The lowest BCUT2D eigenvalue weighted by atomic mass is 10.3. The summed E-state index contributed by atoms with van der Waals surface area (Å²) in [7, 11) is 0. The van der Waals surface area contributed by atoms with Crippen LogP contribution in [0.1, 0.15) is 5.76 Å². The first-order chi connectivity index (χ1) is 6.25. The molecule has 13 heavy (non-hydrogen) atoms. The van der Waals surface area contributed by atoms with Crippen molar-refractivity contribution in [3.63, 3.8) is 0 Å². The summed E-state index contributed by atoms with van der Waals surface area (Å²) >= 11 is 3.36. The Morgan fingerprint density at radius 1 is 1.38 bits per heavy atom. The van der Waals surface area contributed by atoms with E-state index in [1.165, 1.54) is 0 Å². The zero-order valence-electron chi connectivity index (χ0n) is 6.99. The largest absolute Gasteiger partial charge is 0.440 e. The number of nitrogens with zero attached hydrogens (tertiary/aromatic N) is 2. The van der Waals surface area contributed by atoms with Gasteiger partial charge in [-0.1, -0.05) is 15.9 Å². The fourth-order valence-corrected chi connectivity index (χ4v) is 1.33. The Bertz CT molecular complexity index is 425. The highest BCUT2D eigenvalue weighted by molar-refractivity contribution is 9.10. The highest BCUT2D eigenvalue weighted by Crippen LogP contribution is 2.19. The molecule has 2 aromatic rings. The lowest BCUT2D eigenvalue weighted by Crippen LogP contribution is -1.81. The van der Waals surface area contributed by atoms with E-state index in [1.54, 1.807) is 12.4 Å². The molecule has 0 saturated carbocycles. The summed E-state index contributed by atoms with van der Waals surface area (Å²) in [5.41, 5.74) is 0.738. The van der Waals surface area contributed by atoms with Gasteiger partial charge in [-0.15, -0.1) is 0 Å². The molecule has 3 nitrogen and oxygen atoms in total. The van der Waals surface area contributed by atoms with Crippen LogP contribution in [0, 0.1) is 6.92 Å². The van der Waals surface area contributed by atoms with Gasteiger partial charge >= 0.3 is 0 Å². The zero-order valence-corrected chi connectivity index (χ0v) is 8.58. The minimum atomic E-state index is 0.554. The standard InChI is InChI=1S/C9H7BrN2O/c1-6-5-12-9(13-6)8-4-7(10)2-3-11-8/h2-5H,1H3. The maximum absolute atomic E-state index is 5.33. The van der Waals surface area contributed by atoms with Crippen molar-refractivity contribution in [1.82, 2.24) is 9.97 Å². The maximum atomic E-state index is 5.33. The molecule has 2 aromatic heterocycles. The van der Waals surface area contributed by atoms with Crippen molar-refractivity contribution < 1.29 is 4.42 Å². The minimum Gasteiger partial charge on any atom is -0.440 e. The molecule has 0 saturated heterocycles. The SMILES string of the molecule is Cc1cnc(-c2cc(Br)ccn2)o1. The lowest BCUT2D eigenvalue weighted by molar-refractivity contribution is 0.540. The smallest absolute Gasteiger partial charge is 0.245 e. The maximum Gasteiger partial charge on any atom is 0.245 e. The molecule has 0 aromatic carbocycles. The van der Waals surface area contributed by atoms with Gasteiger partial charge in [0.05, 0.1) is 6.20 Å². The van der Waals surface area contributed by atoms with E-state index >= 15 is 0 Å². The molecule has 0 bridgehead atoms. The van der Waals surface area contributed by atoms with Crippen LogP contribution in [0.15, 0.2) is 33.4 Å². The average Bonchev–Trinajstić information content (AvgIpc) is 2.52. The number of oxazole rings is 1. The normalized spacial score (nSPS) is 10.3. The summed E-state index contributed by atoms with van der Waals surface area (Å²) in [5.74, 6) is 1.34. The van der Waals surface area contributed by atoms with Gasteiger partial charge in [-0.2, -0.15) is 0 Å². The number of rotatable bonds is 1. The molecule has 0 fully saturated rings. The van der Waals surface area contributed by atoms with Crippen LogP contribution in [-0.2, 0) is 0 Å². The molecule has 2 rings (SSSR count). The molecule has 0 unspecified atom stereocenters. The number of halogens is 1. The van der Waals surface area contributed by atoms with E-state index in [-0.39, 0.29) is 0 Å². The van der Waals surface area contributed by atoms with Crippen molar-refractivity contribution >= 4 is 15.9 Å². The van der Waals surface area contributed by atoms with Crippen LogP contribution in [-0.4, -0.2) is 9.97 Å². The van der Waals surface area contributed by atoms with Crippen molar-refractivity contribution in [3.8, 4) is 11.6 Å². The molecule has 66 valence electrons. The van der Waals surface area contributed by atoms with Crippen LogP contribution in [0.5, 0.6) is 0 Å². The summed E-state index contributed by atoms with van der Waals surface area (Å²) in [5, 5.41) is 0. The van der Waals surface area contributed by atoms with Gasteiger partial charge in [-0.05, 0) is 19.1 Å². The van der Waals surface area contributed by atoms with E-state index in [0.717, 1.165) is 15.9 Å². The summed E-state index contributed by atoms with van der Waals surface area (Å²) in [6, 6.07) is 3.73. The van der Waals surface area contributed by atoms with Gasteiger partial charge in [-0.3, -0.25) is 4.98 Å². The molecule has 0 spiro atoms. The molecule has 0 aliphatic carbocycles. The molecule has 2 heterocycles. The number of pyridine rings is 1. The van der Waals surface area contributed by atoms with Gasteiger partial charge in [-0.25, -0.2) is 4.98 Å². The van der Waals surface area contributed by atoms with Gasteiger partial charge in [0, 0.05) is 10.7 Å². The molecule has 0 N–H and O–H groups in total. The Morgan fingerprint density at radius 2 is 2.23 bits per heavy atom. The quantitative estimate of drug-likeness (QED) is 0.767. The van der Waals surface area contributed by atoms with Crippen LogP contribution in [0.2, 0.25) is 0 Å². The third kappa shape index (κ3) is 1.78. The molecular formula is C9H7BrN2O. The zero-order chi connectivity index (χ0) is 9.26. The van der Waals surface area contributed by atoms with Gasteiger partial charge in [0.25, 0.3) is 0 Å². The lowest BCUT2D eigenvalue weighted by Gasteiger charge is -1.94. The van der Waals surface area contributed by atoms with Crippen molar-refractivity contribution in [2.75, 3.05) is 0 Å². The summed E-state index contributed by atoms with van der Waals surface area (Å²) in [4.78, 5) is 8.21. The highest BCUT2D eigenvalue weighted by atomic mass is 79.9. The summed E-state index contributed by atoms with van der Waals surface area (Å²) < 4.78 is 6.30. The highest BCUT2D eigenvalue weighted by Gasteiger charge is 2.05. The number of aryl methyl sites for hydroxylation is 1. The fraction of sp³-hybridized carbons (Fsp3) is 0.111. The summed E-state index contributed by atoms with van der Waals surface area (Å²) in [6.07, 6.45) is 3.39. The third-order valence-electron chi connectivity index (χ3n) is 1.56. The molecule has 0 radical (unpaired) electrons. The third-order valence-corrected chi connectivity index (χ3v) is 2.06. The predicted molar refractivity (Wildman–Crippen MR) is 52.2 cm³/mol. The van der Waals surface area contributed by atoms with Crippen molar-refractivity contribution in [1.29, 1.82) is 0 Å². The Morgan fingerprint density at radius 3 is 2.85 bits per heavy atom. The van der Waals surface area contributed by atoms with E-state index in [2.05, 4.69) is 25.9 Å². The predicted octanol–water partition coefficient (Wildman–Crippen LogP) is 2.81. The van der Waals surface area contributed by atoms with Gasteiger partial charge in [0.1, 0.15) is 11.5 Å².